The highest BCUT2D eigenvalue weighted by Gasteiger charge is 2.17. The lowest BCUT2D eigenvalue weighted by molar-refractivity contribution is 0.0953. The number of pyridine rings is 1. The normalized spacial score (nSPS) is 10.6. The van der Waals surface area contributed by atoms with Crippen molar-refractivity contribution in [1.29, 1.82) is 0 Å². The number of nitrogens with zero attached hydrogens (tertiary/aromatic N) is 5. The minimum Gasteiger partial charge on any atom is -0.496 e. The SMILES string of the molecule is COc1ccccc1-c1ccnc(-n2ncc(C(=O)NCCc3cccnc3)c2C)n1. The van der Waals surface area contributed by atoms with Gasteiger partial charge in [-0.3, -0.25) is 9.78 Å². The van der Waals surface area contributed by atoms with Crippen molar-refractivity contribution in [1.82, 2.24) is 30.0 Å². The van der Waals surface area contributed by atoms with E-state index in [2.05, 4.69) is 25.4 Å². The second kappa shape index (κ2) is 9.17. The van der Waals surface area contributed by atoms with Crippen LogP contribution in [0.4, 0.5) is 0 Å². The van der Waals surface area contributed by atoms with Gasteiger partial charge in [0.15, 0.2) is 0 Å². The molecule has 0 aliphatic carbocycles. The van der Waals surface area contributed by atoms with E-state index in [4.69, 9.17) is 4.74 Å². The Morgan fingerprint density at radius 3 is 2.77 bits per heavy atom. The van der Waals surface area contributed by atoms with E-state index >= 15 is 0 Å². The highest BCUT2D eigenvalue weighted by atomic mass is 16.5. The molecule has 31 heavy (non-hydrogen) atoms. The minimum atomic E-state index is -0.187. The van der Waals surface area contributed by atoms with Crippen molar-refractivity contribution >= 4 is 5.91 Å². The molecule has 3 aromatic heterocycles. The maximum Gasteiger partial charge on any atom is 0.254 e. The summed E-state index contributed by atoms with van der Waals surface area (Å²) < 4.78 is 7.00. The summed E-state index contributed by atoms with van der Waals surface area (Å²) in [6.07, 6.45) is 7.43. The number of amides is 1. The first kappa shape index (κ1) is 20.2. The molecule has 0 fully saturated rings. The van der Waals surface area contributed by atoms with Crippen molar-refractivity contribution in [2.75, 3.05) is 13.7 Å². The first-order valence-electron chi connectivity index (χ1n) is 9.86. The van der Waals surface area contributed by atoms with Crippen LogP contribution in [0.3, 0.4) is 0 Å². The van der Waals surface area contributed by atoms with Crippen LogP contribution in [0.2, 0.25) is 0 Å². The van der Waals surface area contributed by atoms with Crippen molar-refractivity contribution in [3.05, 3.63) is 84.1 Å². The summed E-state index contributed by atoms with van der Waals surface area (Å²) in [7, 11) is 1.62. The largest absolute Gasteiger partial charge is 0.496 e. The predicted octanol–water partition coefficient (Wildman–Crippen LogP) is 3.01. The Balaban J connectivity index is 1.52. The van der Waals surface area contributed by atoms with Crippen LogP contribution in [0.5, 0.6) is 5.75 Å². The zero-order valence-corrected chi connectivity index (χ0v) is 17.3. The van der Waals surface area contributed by atoms with Gasteiger partial charge in [0, 0.05) is 30.7 Å². The zero-order chi connectivity index (χ0) is 21.6. The molecule has 1 amide bonds. The van der Waals surface area contributed by atoms with E-state index in [0.29, 0.717) is 35.9 Å². The Labute approximate surface area is 180 Å². The predicted molar refractivity (Wildman–Crippen MR) is 116 cm³/mol. The second-order valence-electron chi connectivity index (χ2n) is 6.86. The number of aromatic nitrogens is 5. The Bertz CT molecular complexity index is 1190. The molecule has 0 aliphatic rings. The third-order valence-corrected chi connectivity index (χ3v) is 4.89. The Hall–Kier alpha value is -4.07. The number of rotatable bonds is 7. The van der Waals surface area contributed by atoms with Crippen molar-refractivity contribution in [3.8, 4) is 23.0 Å². The van der Waals surface area contributed by atoms with Crippen LogP contribution < -0.4 is 10.1 Å². The first-order valence-corrected chi connectivity index (χ1v) is 9.86. The molecule has 3 heterocycles. The first-order chi connectivity index (χ1) is 15.2. The molecule has 0 saturated carbocycles. The van der Waals surface area contributed by atoms with Crippen LogP contribution in [0.15, 0.2) is 67.3 Å². The van der Waals surface area contributed by atoms with Gasteiger partial charge in [-0.15, -0.1) is 0 Å². The molecule has 0 spiro atoms. The van der Waals surface area contributed by atoms with Crippen LogP contribution in [0.1, 0.15) is 21.6 Å². The Morgan fingerprint density at radius 2 is 1.97 bits per heavy atom. The fourth-order valence-corrected chi connectivity index (χ4v) is 3.25. The van der Waals surface area contributed by atoms with E-state index in [1.807, 2.05) is 49.4 Å². The van der Waals surface area contributed by atoms with Crippen molar-refractivity contribution in [3.63, 3.8) is 0 Å². The zero-order valence-electron chi connectivity index (χ0n) is 17.3. The van der Waals surface area contributed by atoms with Crippen LogP contribution >= 0.6 is 0 Å². The number of methoxy groups -OCH3 is 1. The summed E-state index contributed by atoms with van der Waals surface area (Å²) >= 11 is 0. The molecule has 1 N–H and O–H groups in total. The summed E-state index contributed by atoms with van der Waals surface area (Å²) in [6.45, 7) is 2.33. The number of para-hydroxylation sites is 1. The molecule has 4 rings (SSSR count). The van der Waals surface area contributed by atoms with E-state index in [0.717, 1.165) is 16.9 Å². The molecule has 0 bridgehead atoms. The van der Waals surface area contributed by atoms with Gasteiger partial charge in [-0.25, -0.2) is 14.6 Å². The third kappa shape index (κ3) is 4.42. The summed E-state index contributed by atoms with van der Waals surface area (Å²) in [6, 6.07) is 13.3. The van der Waals surface area contributed by atoms with Gasteiger partial charge in [-0.1, -0.05) is 18.2 Å². The Morgan fingerprint density at radius 1 is 1.10 bits per heavy atom. The minimum absolute atomic E-state index is 0.187. The smallest absolute Gasteiger partial charge is 0.254 e. The van der Waals surface area contributed by atoms with Crippen LogP contribution in [-0.4, -0.2) is 44.3 Å². The summed E-state index contributed by atoms with van der Waals surface area (Å²) in [5.74, 6) is 0.918. The average molecular weight is 414 g/mol. The fourth-order valence-electron chi connectivity index (χ4n) is 3.25. The van der Waals surface area contributed by atoms with E-state index in [1.165, 1.54) is 6.20 Å². The van der Waals surface area contributed by atoms with Crippen LogP contribution in [-0.2, 0) is 6.42 Å². The second-order valence-corrected chi connectivity index (χ2v) is 6.86. The molecular formula is C23H22N6O2. The maximum absolute atomic E-state index is 12.6. The highest BCUT2D eigenvalue weighted by molar-refractivity contribution is 5.95. The molecule has 0 aliphatic heterocycles. The molecule has 0 saturated heterocycles. The molecule has 0 atom stereocenters. The quantitative estimate of drug-likeness (QED) is 0.500. The van der Waals surface area contributed by atoms with Gasteiger partial charge in [0.1, 0.15) is 5.75 Å². The van der Waals surface area contributed by atoms with Gasteiger partial charge >= 0.3 is 0 Å². The number of hydrogen-bond donors (Lipinski definition) is 1. The lowest BCUT2D eigenvalue weighted by atomic mass is 10.1. The van der Waals surface area contributed by atoms with Crippen LogP contribution in [0, 0.1) is 6.92 Å². The van der Waals surface area contributed by atoms with Gasteiger partial charge < -0.3 is 10.1 Å². The molecule has 8 heteroatoms. The van der Waals surface area contributed by atoms with Crippen molar-refractivity contribution < 1.29 is 9.53 Å². The molecule has 0 radical (unpaired) electrons. The monoisotopic (exact) mass is 414 g/mol. The van der Waals surface area contributed by atoms with E-state index in [9.17, 15) is 4.79 Å². The number of benzene rings is 1. The molecule has 4 aromatic rings. The van der Waals surface area contributed by atoms with Gasteiger partial charge in [-0.05, 0) is 43.2 Å². The van der Waals surface area contributed by atoms with Gasteiger partial charge in [0.25, 0.3) is 11.9 Å². The molecule has 8 nitrogen and oxygen atoms in total. The maximum atomic E-state index is 12.6. The number of carbonyl (C=O) groups is 1. The van der Waals surface area contributed by atoms with Gasteiger partial charge in [0.05, 0.1) is 30.3 Å². The van der Waals surface area contributed by atoms with Gasteiger partial charge in [-0.2, -0.15) is 5.10 Å². The van der Waals surface area contributed by atoms with Crippen molar-refractivity contribution in [2.45, 2.75) is 13.3 Å². The average Bonchev–Trinajstić information content (AvgIpc) is 3.21. The number of hydrogen-bond acceptors (Lipinski definition) is 6. The topological polar surface area (TPSA) is 94.8 Å². The lowest BCUT2D eigenvalue weighted by Crippen LogP contribution is -2.26. The number of carbonyl (C=O) groups excluding carboxylic acids is 1. The summed E-state index contributed by atoms with van der Waals surface area (Å²) in [5, 5.41) is 7.27. The van der Waals surface area contributed by atoms with Crippen molar-refractivity contribution in [2.24, 2.45) is 0 Å². The molecule has 0 unspecified atom stereocenters. The Kier molecular flexibility index (Phi) is 5.98. The standard InChI is InChI=1S/C23H22N6O2/c1-16-19(22(30)25-12-9-17-6-5-11-24-14-17)15-27-29(16)23-26-13-10-20(28-23)18-7-3-4-8-21(18)31-2/h3-8,10-11,13-15H,9,12H2,1-2H3,(H,25,30). The van der Waals surface area contributed by atoms with Crippen LogP contribution in [0.25, 0.3) is 17.2 Å². The number of nitrogens with one attached hydrogen (secondary N) is 1. The van der Waals surface area contributed by atoms with Gasteiger partial charge in [0.2, 0.25) is 0 Å². The fraction of sp³-hybridized carbons (Fsp3) is 0.174. The summed E-state index contributed by atoms with van der Waals surface area (Å²) in [4.78, 5) is 25.7. The third-order valence-electron chi connectivity index (χ3n) is 4.89. The van der Waals surface area contributed by atoms with E-state index in [1.54, 1.807) is 30.4 Å². The molecular weight excluding hydrogens is 392 g/mol. The highest BCUT2D eigenvalue weighted by Crippen LogP contribution is 2.28. The number of ether oxygens (including phenoxy) is 1. The molecule has 156 valence electrons. The molecule has 1 aromatic carbocycles. The van der Waals surface area contributed by atoms with E-state index in [-0.39, 0.29) is 5.91 Å². The summed E-state index contributed by atoms with van der Waals surface area (Å²) in [5.41, 5.74) is 3.77. The lowest BCUT2D eigenvalue weighted by Gasteiger charge is -2.09. The van der Waals surface area contributed by atoms with E-state index < -0.39 is 0 Å².